The third kappa shape index (κ3) is 7.30. The lowest BCUT2D eigenvalue weighted by atomic mass is 10.8. The number of allylic oxidation sites excluding steroid dienone is 1. The highest BCUT2D eigenvalue weighted by molar-refractivity contribution is 6.27. The van der Waals surface area contributed by atoms with Crippen LogP contribution in [0.15, 0.2) is 25.2 Å². The zero-order valence-corrected chi connectivity index (χ0v) is 7.79. The summed E-state index contributed by atoms with van der Waals surface area (Å²) in [6, 6.07) is 1.04. The van der Waals surface area contributed by atoms with Gasteiger partial charge in [-0.2, -0.15) is 0 Å². The molecule has 0 N–H and O–H groups in total. The molecule has 0 radical (unpaired) electrons. The lowest BCUT2D eigenvalue weighted by molar-refractivity contribution is 0.267. The molecule has 58 valence electrons. The van der Waals surface area contributed by atoms with E-state index in [1.165, 1.54) is 6.26 Å². The maximum absolute atomic E-state index is 5.17. The summed E-state index contributed by atoms with van der Waals surface area (Å²) in [5.41, 5.74) is 0. The lowest BCUT2D eigenvalue weighted by Crippen LogP contribution is -1.96. The molecule has 3 heteroatoms. The van der Waals surface area contributed by atoms with Crippen LogP contribution < -0.4 is 0 Å². The van der Waals surface area contributed by atoms with Crippen molar-refractivity contribution in [1.29, 1.82) is 0 Å². The highest BCUT2D eigenvalue weighted by Crippen LogP contribution is 1.84. The normalized spacial score (nSPS) is 10.9. The van der Waals surface area contributed by atoms with Crippen molar-refractivity contribution in [2.24, 2.45) is 0 Å². The maximum Gasteiger partial charge on any atom is 0.222 e. The van der Waals surface area contributed by atoms with E-state index in [2.05, 4.69) is 6.58 Å². The Morgan fingerprint density at radius 2 is 2.40 bits per heavy atom. The SMILES string of the molecule is C=COCC[SiH2]OC=CC. The monoisotopic (exact) mass is 158 g/mol. The quantitative estimate of drug-likeness (QED) is 0.328. The predicted molar refractivity (Wildman–Crippen MR) is 45.4 cm³/mol. The second-order valence-corrected chi connectivity index (χ2v) is 3.18. The van der Waals surface area contributed by atoms with Gasteiger partial charge in [0.15, 0.2) is 0 Å². The van der Waals surface area contributed by atoms with Crippen molar-refractivity contribution < 1.29 is 9.16 Å². The molecule has 0 aromatic carbocycles. The van der Waals surface area contributed by atoms with Gasteiger partial charge in [-0.3, -0.25) is 0 Å². The van der Waals surface area contributed by atoms with Crippen molar-refractivity contribution in [2.45, 2.75) is 13.0 Å². The van der Waals surface area contributed by atoms with E-state index < -0.39 is 0 Å². The molecule has 0 heterocycles. The van der Waals surface area contributed by atoms with Crippen LogP contribution >= 0.6 is 0 Å². The molecule has 0 fully saturated rings. The molecule has 0 aromatic heterocycles. The summed E-state index contributed by atoms with van der Waals surface area (Å²) in [5.74, 6) is 0. The fourth-order valence-corrected chi connectivity index (χ4v) is 1.25. The van der Waals surface area contributed by atoms with Crippen molar-refractivity contribution in [1.82, 2.24) is 0 Å². The fraction of sp³-hybridized carbons (Fsp3) is 0.429. The van der Waals surface area contributed by atoms with Crippen molar-refractivity contribution in [3.05, 3.63) is 25.2 Å². The average molecular weight is 158 g/mol. The molecule has 0 aliphatic heterocycles. The molecule has 0 atom stereocenters. The van der Waals surface area contributed by atoms with E-state index >= 15 is 0 Å². The van der Waals surface area contributed by atoms with Gasteiger partial charge in [-0.05, 0) is 6.92 Å². The van der Waals surface area contributed by atoms with Crippen molar-refractivity contribution >= 4 is 9.76 Å². The van der Waals surface area contributed by atoms with Crippen molar-refractivity contribution in [3.8, 4) is 0 Å². The number of hydrogen-bond donors (Lipinski definition) is 0. The Morgan fingerprint density at radius 3 is 3.00 bits per heavy atom. The van der Waals surface area contributed by atoms with Crippen LogP contribution in [0.1, 0.15) is 6.92 Å². The predicted octanol–water partition coefficient (Wildman–Crippen LogP) is 1.20. The first-order valence-electron chi connectivity index (χ1n) is 3.37. The van der Waals surface area contributed by atoms with Gasteiger partial charge in [0.2, 0.25) is 9.76 Å². The van der Waals surface area contributed by atoms with Gasteiger partial charge in [-0.1, -0.05) is 12.7 Å². The second-order valence-electron chi connectivity index (χ2n) is 1.73. The Kier molecular flexibility index (Phi) is 7.71. The number of rotatable bonds is 6. The fourth-order valence-electron chi connectivity index (χ4n) is 0.473. The molecule has 0 saturated carbocycles. The summed E-state index contributed by atoms with van der Waals surface area (Å²) in [7, 11) is -0.380. The van der Waals surface area contributed by atoms with Crippen LogP contribution in [0.5, 0.6) is 0 Å². The maximum atomic E-state index is 5.17. The van der Waals surface area contributed by atoms with Crippen molar-refractivity contribution in [3.63, 3.8) is 0 Å². The minimum atomic E-state index is -0.380. The number of ether oxygens (including phenoxy) is 1. The molecule has 0 rings (SSSR count). The van der Waals surface area contributed by atoms with E-state index in [4.69, 9.17) is 9.16 Å². The van der Waals surface area contributed by atoms with E-state index in [-0.39, 0.29) is 9.76 Å². The molecular formula is C7H14O2Si. The molecule has 0 aliphatic carbocycles. The van der Waals surface area contributed by atoms with Gasteiger partial charge in [0.25, 0.3) is 0 Å². The van der Waals surface area contributed by atoms with E-state index in [0.717, 1.165) is 12.7 Å². The van der Waals surface area contributed by atoms with Crippen LogP contribution in [-0.4, -0.2) is 16.4 Å². The summed E-state index contributed by atoms with van der Waals surface area (Å²) in [6.45, 7) is 6.12. The summed E-state index contributed by atoms with van der Waals surface area (Å²) in [6.07, 6.45) is 5.09. The van der Waals surface area contributed by atoms with Gasteiger partial charge in [0.05, 0.1) is 19.1 Å². The topological polar surface area (TPSA) is 18.5 Å². The van der Waals surface area contributed by atoms with Crippen LogP contribution in [-0.2, 0) is 9.16 Å². The van der Waals surface area contributed by atoms with Gasteiger partial charge in [0.1, 0.15) is 0 Å². The molecular weight excluding hydrogens is 144 g/mol. The van der Waals surface area contributed by atoms with Gasteiger partial charge in [-0.15, -0.1) is 0 Å². The Bertz CT molecular complexity index is 102. The van der Waals surface area contributed by atoms with Crippen LogP contribution in [0.4, 0.5) is 0 Å². The van der Waals surface area contributed by atoms with E-state index in [9.17, 15) is 0 Å². The van der Waals surface area contributed by atoms with Gasteiger partial charge < -0.3 is 9.16 Å². The average Bonchev–Trinajstić information content (AvgIpc) is 1.97. The number of hydrogen-bond acceptors (Lipinski definition) is 2. The van der Waals surface area contributed by atoms with Gasteiger partial charge in [0, 0.05) is 6.04 Å². The lowest BCUT2D eigenvalue weighted by Gasteiger charge is -1.98. The van der Waals surface area contributed by atoms with Crippen LogP contribution in [0.3, 0.4) is 0 Å². The molecule has 0 unspecified atom stereocenters. The zero-order valence-electron chi connectivity index (χ0n) is 6.38. The minimum absolute atomic E-state index is 0.380. The third-order valence-electron chi connectivity index (χ3n) is 0.875. The van der Waals surface area contributed by atoms with Crippen LogP contribution in [0.25, 0.3) is 0 Å². The molecule has 0 spiro atoms. The van der Waals surface area contributed by atoms with Crippen LogP contribution in [0, 0.1) is 0 Å². The summed E-state index contributed by atoms with van der Waals surface area (Å²) >= 11 is 0. The van der Waals surface area contributed by atoms with E-state index in [1.807, 2.05) is 13.0 Å². The Labute approximate surface area is 64.5 Å². The third-order valence-corrected chi connectivity index (χ3v) is 1.88. The zero-order chi connectivity index (χ0) is 7.66. The summed E-state index contributed by atoms with van der Waals surface area (Å²) in [5, 5.41) is 0. The molecule has 0 saturated heterocycles. The van der Waals surface area contributed by atoms with Gasteiger partial charge in [-0.25, -0.2) is 0 Å². The highest BCUT2D eigenvalue weighted by Gasteiger charge is 1.85. The molecule has 0 aliphatic rings. The van der Waals surface area contributed by atoms with E-state index in [1.54, 1.807) is 6.26 Å². The Morgan fingerprint density at radius 1 is 1.60 bits per heavy atom. The van der Waals surface area contributed by atoms with Gasteiger partial charge >= 0.3 is 0 Å². The van der Waals surface area contributed by atoms with E-state index in [0.29, 0.717) is 0 Å². The van der Waals surface area contributed by atoms with Crippen molar-refractivity contribution in [2.75, 3.05) is 6.61 Å². The minimum Gasteiger partial charge on any atom is -0.555 e. The summed E-state index contributed by atoms with van der Waals surface area (Å²) < 4.78 is 10.1. The summed E-state index contributed by atoms with van der Waals surface area (Å²) in [4.78, 5) is 0. The Balaban J connectivity index is 2.83. The second kappa shape index (κ2) is 8.30. The molecule has 0 bridgehead atoms. The smallest absolute Gasteiger partial charge is 0.222 e. The highest BCUT2D eigenvalue weighted by atomic mass is 28.2. The van der Waals surface area contributed by atoms with Crippen LogP contribution in [0.2, 0.25) is 6.04 Å². The molecule has 0 amide bonds. The Hall–Kier alpha value is -0.703. The molecule has 0 aromatic rings. The largest absolute Gasteiger partial charge is 0.555 e. The molecule has 10 heavy (non-hydrogen) atoms. The first kappa shape index (κ1) is 9.30. The first-order chi connectivity index (χ1) is 4.91. The first-order valence-corrected chi connectivity index (χ1v) is 4.95. The molecule has 2 nitrogen and oxygen atoms in total. The standard InChI is InChI=1S/C7H14O2Si/c1-3-5-9-10-7-6-8-4-2/h3-5H,2,6-7,10H2,1H3.